The van der Waals surface area contributed by atoms with Crippen LogP contribution in [-0.4, -0.2) is 37.5 Å². The van der Waals surface area contributed by atoms with E-state index in [1.54, 1.807) is 11.5 Å². The second-order valence-corrected chi connectivity index (χ2v) is 8.22. The second-order valence-electron chi connectivity index (χ2n) is 7.38. The fourth-order valence-electron chi connectivity index (χ4n) is 3.80. The lowest BCUT2D eigenvalue weighted by Gasteiger charge is -2.32. The fourth-order valence-corrected chi connectivity index (χ4v) is 4.64. The van der Waals surface area contributed by atoms with Crippen molar-refractivity contribution in [3.05, 3.63) is 40.7 Å². The summed E-state index contributed by atoms with van der Waals surface area (Å²) in [5.41, 5.74) is 3.38. The maximum Gasteiger partial charge on any atom is 0.107 e. The Kier molecular flexibility index (Phi) is 4.81. The van der Waals surface area contributed by atoms with E-state index >= 15 is 0 Å². The topological polar surface area (TPSA) is 57.7 Å². The molecule has 0 spiro atoms. The summed E-state index contributed by atoms with van der Waals surface area (Å²) in [5, 5.41) is 4.32. The number of hydrogen-bond acceptors (Lipinski definition) is 5. The van der Waals surface area contributed by atoms with E-state index in [4.69, 9.17) is 4.98 Å². The molecule has 0 bridgehead atoms. The van der Waals surface area contributed by atoms with E-state index in [0.29, 0.717) is 11.8 Å². The molecule has 0 radical (unpaired) electrons. The highest BCUT2D eigenvalue weighted by Gasteiger charge is 2.23. The van der Waals surface area contributed by atoms with Crippen LogP contribution in [0.5, 0.6) is 0 Å². The Morgan fingerprint density at radius 2 is 2.20 bits per heavy atom. The van der Waals surface area contributed by atoms with Crippen LogP contribution in [0.25, 0.3) is 11.0 Å². The number of nitrogens with one attached hydrogen (secondary N) is 1. The van der Waals surface area contributed by atoms with Gasteiger partial charge < -0.3 is 4.98 Å². The molecule has 0 amide bonds. The van der Waals surface area contributed by atoms with E-state index in [9.17, 15) is 0 Å². The number of imidazole rings is 1. The van der Waals surface area contributed by atoms with Crippen molar-refractivity contribution < 1.29 is 0 Å². The molecule has 0 aliphatic carbocycles. The van der Waals surface area contributed by atoms with Crippen LogP contribution in [0, 0.1) is 5.92 Å². The average molecular weight is 356 g/mol. The number of aromatic nitrogens is 4. The van der Waals surface area contributed by atoms with Gasteiger partial charge in [0.15, 0.2) is 0 Å². The maximum atomic E-state index is 4.75. The Morgan fingerprint density at radius 3 is 3.04 bits per heavy atom. The summed E-state index contributed by atoms with van der Waals surface area (Å²) in [6.07, 6.45) is 3.57. The molecule has 1 atom stereocenters. The molecule has 4 rings (SSSR count). The molecule has 5 nitrogen and oxygen atoms in total. The Labute approximate surface area is 152 Å². The first-order chi connectivity index (χ1) is 12.2. The quantitative estimate of drug-likeness (QED) is 0.752. The molecule has 2 aromatic heterocycles. The minimum Gasteiger partial charge on any atom is -0.342 e. The summed E-state index contributed by atoms with van der Waals surface area (Å²) < 4.78 is 4.17. The van der Waals surface area contributed by atoms with Crippen LogP contribution in [0.3, 0.4) is 0 Å². The summed E-state index contributed by atoms with van der Waals surface area (Å²) in [7, 11) is 0. The largest absolute Gasteiger partial charge is 0.342 e. The zero-order valence-electron chi connectivity index (χ0n) is 14.9. The van der Waals surface area contributed by atoms with Gasteiger partial charge in [0.25, 0.3) is 0 Å². The average Bonchev–Trinajstić information content (AvgIpc) is 3.21. The van der Waals surface area contributed by atoms with Gasteiger partial charge in [-0.25, -0.2) is 4.98 Å². The minimum atomic E-state index is 0.449. The summed E-state index contributed by atoms with van der Waals surface area (Å²) >= 11 is 1.56. The van der Waals surface area contributed by atoms with Gasteiger partial charge in [-0.15, -0.1) is 5.10 Å². The van der Waals surface area contributed by atoms with Crippen molar-refractivity contribution in [3.8, 4) is 0 Å². The lowest BCUT2D eigenvalue weighted by molar-refractivity contribution is 0.166. The summed E-state index contributed by atoms with van der Waals surface area (Å²) in [6.45, 7) is 7.68. The molecule has 0 saturated carbocycles. The van der Waals surface area contributed by atoms with Gasteiger partial charge in [-0.2, -0.15) is 0 Å². The van der Waals surface area contributed by atoms with Crippen LogP contribution in [0.1, 0.15) is 49.0 Å². The molecule has 1 fully saturated rings. The molecule has 6 heteroatoms. The highest BCUT2D eigenvalue weighted by Crippen LogP contribution is 2.26. The molecule has 3 aromatic rings. The van der Waals surface area contributed by atoms with E-state index in [0.717, 1.165) is 36.4 Å². The van der Waals surface area contributed by atoms with Crippen molar-refractivity contribution in [3.63, 3.8) is 0 Å². The molecule has 0 unspecified atom stereocenters. The van der Waals surface area contributed by atoms with Crippen LogP contribution in [0.15, 0.2) is 24.3 Å². The van der Waals surface area contributed by atoms with Gasteiger partial charge in [0.1, 0.15) is 5.82 Å². The van der Waals surface area contributed by atoms with Crippen molar-refractivity contribution in [1.82, 2.24) is 24.5 Å². The SMILES string of the molecule is CC(C)c1nnsc1CN1CCC[C@@H](Cc2nc3ccccc3[nH]2)C1. The number of nitrogens with zero attached hydrogens (tertiary/aromatic N) is 4. The first-order valence-electron chi connectivity index (χ1n) is 9.16. The third-order valence-electron chi connectivity index (χ3n) is 5.02. The molecule has 132 valence electrons. The Hall–Kier alpha value is -1.79. The first-order valence-corrected chi connectivity index (χ1v) is 9.93. The van der Waals surface area contributed by atoms with Crippen molar-refractivity contribution in [1.29, 1.82) is 0 Å². The van der Waals surface area contributed by atoms with Crippen LogP contribution in [-0.2, 0) is 13.0 Å². The Balaban J connectivity index is 1.41. The van der Waals surface area contributed by atoms with Crippen LogP contribution in [0.2, 0.25) is 0 Å². The number of rotatable bonds is 5. The first kappa shape index (κ1) is 16.7. The van der Waals surface area contributed by atoms with Crippen molar-refractivity contribution >= 4 is 22.6 Å². The molecule has 25 heavy (non-hydrogen) atoms. The standard InChI is InChI=1S/C19H25N5S/c1-13(2)19-17(25-23-22-19)12-24-9-5-6-14(11-24)10-18-20-15-7-3-4-8-16(15)21-18/h3-4,7-8,13-14H,5-6,9-12H2,1-2H3,(H,20,21)/t14-/m0/s1. The van der Waals surface area contributed by atoms with E-state index in [2.05, 4.69) is 51.5 Å². The van der Waals surface area contributed by atoms with Gasteiger partial charge in [-0.05, 0) is 54.9 Å². The van der Waals surface area contributed by atoms with Gasteiger partial charge >= 0.3 is 0 Å². The summed E-state index contributed by atoms with van der Waals surface area (Å²) in [4.78, 5) is 12.1. The number of hydrogen-bond donors (Lipinski definition) is 1. The minimum absolute atomic E-state index is 0.449. The zero-order chi connectivity index (χ0) is 17.2. The molecule has 1 aromatic carbocycles. The lowest BCUT2D eigenvalue weighted by Crippen LogP contribution is -2.35. The summed E-state index contributed by atoms with van der Waals surface area (Å²) in [6, 6.07) is 8.28. The third-order valence-corrected chi connectivity index (χ3v) is 5.74. The van der Waals surface area contributed by atoms with E-state index < -0.39 is 0 Å². The van der Waals surface area contributed by atoms with E-state index in [1.165, 1.54) is 30.0 Å². The van der Waals surface area contributed by atoms with Crippen LogP contribution in [0.4, 0.5) is 0 Å². The smallest absolute Gasteiger partial charge is 0.107 e. The van der Waals surface area contributed by atoms with E-state index in [-0.39, 0.29) is 0 Å². The third kappa shape index (κ3) is 3.75. The Bertz CT molecular complexity index is 804. The second kappa shape index (κ2) is 7.22. The number of benzene rings is 1. The maximum absolute atomic E-state index is 4.75. The van der Waals surface area contributed by atoms with Crippen molar-refractivity contribution in [2.75, 3.05) is 13.1 Å². The van der Waals surface area contributed by atoms with Gasteiger partial charge in [-0.1, -0.05) is 30.5 Å². The highest BCUT2D eigenvalue weighted by atomic mass is 32.1. The number of H-pyrrole nitrogens is 1. The van der Waals surface area contributed by atoms with Crippen molar-refractivity contribution in [2.24, 2.45) is 5.92 Å². The number of piperidine rings is 1. The van der Waals surface area contributed by atoms with Gasteiger partial charge in [0, 0.05) is 19.5 Å². The van der Waals surface area contributed by atoms with Crippen molar-refractivity contribution in [2.45, 2.75) is 45.6 Å². The molecule has 1 saturated heterocycles. The van der Waals surface area contributed by atoms with Crippen LogP contribution >= 0.6 is 11.5 Å². The van der Waals surface area contributed by atoms with E-state index in [1.807, 2.05) is 6.07 Å². The summed E-state index contributed by atoms with van der Waals surface area (Å²) in [5.74, 6) is 2.23. The number of aromatic amines is 1. The van der Waals surface area contributed by atoms with Crippen LogP contribution < -0.4 is 0 Å². The molecule has 1 aliphatic rings. The normalized spacial score (nSPS) is 19.1. The monoisotopic (exact) mass is 355 g/mol. The number of para-hydroxylation sites is 2. The molecular weight excluding hydrogens is 330 g/mol. The highest BCUT2D eigenvalue weighted by molar-refractivity contribution is 7.05. The number of likely N-dealkylation sites (tertiary alicyclic amines) is 1. The number of fused-ring (bicyclic) bond motifs is 1. The van der Waals surface area contributed by atoms with Gasteiger partial charge in [0.05, 0.1) is 21.6 Å². The van der Waals surface area contributed by atoms with Gasteiger partial charge in [0.2, 0.25) is 0 Å². The fraction of sp³-hybridized carbons (Fsp3) is 0.526. The molecule has 1 aliphatic heterocycles. The molecular formula is C19H25N5S. The molecule has 3 heterocycles. The molecule has 1 N–H and O–H groups in total. The predicted octanol–water partition coefficient (Wildman–Crippen LogP) is 3.99. The van der Waals surface area contributed by atoms with Gasteiger partial charge in [-0.3, -0.25) is 4.90 Å². The zero-order valence-corrected chi connectivity index (χ0v) is 15.7. The lowest BCUT2D eigenvalue weighted by atomic mass is 9.94. The predicted molar refractivity (Wildman–Crippen MR) is 102 cm³/mol. The Morgan fingerprint density at radius 1 is 1.32 bits per heavy atom.